The van der Waals surface area contributed by atoms with Gasteiger partial charge in [0.25, 0.3) is 0 Å². The second-order valence-electron chi connectivity index (χ2n) is 2.84. The number of carboxylic acid groups (broad SMARTS) is 1. The third-order valence-electron chi connectivity index (χ3n) is 1.91. The van der Waals surface area contributed by atoms with E-state index in [1.54, 1.807) is 0 Å². The Kier molecular flexibility index (Phi) is 1.96. The molecule has 1 aromatic carbocycles. The van der Waals surface area contributed by atoms with Crippen molar-refractivity contribution in [2.45, 2.75) is 0 Å². The first-order valence-corrected chi connectivity index (χ1v) is 3.98. The van der Waals surface area contributed by atoms with E-state index in [1.165, 1.54) is 12.1 Å². The van der Waals surface area contributed by atoms with Crippen LogP contribution in [0.2, 0.25) is 0 Å². The maximum Gasteiger partial charge on any atom is 0.360 e. The van der Waals surface area contributed by atoms with Crippen molar-refractivity contribution in [2.24, 2.45) is 0 Å². The van der Waals surface area contributed by atoms with Crippen LogP contribution in [0.4, 0.5) is 4.39 Å². The third-order valence-corrected chi connectivity index (χ3v) is 1.91. The minimum Gasteiger partial charge on any atom is -0.505 e. The fraction of sp³-hybridized carbons (Fsp3) is 0. The van der Waals surface area contributed by atoms with Gasteiger partial charge < -0.3 is 10.2 Å². The topological polar surface area (TPSA) is 83.3 Å². The van der Waals surface area contributed by atoms with Crippen LogP contribution in [0.15, 0.2) is 18.2 Å². The second-order valence-corrected chi connectivity index (χ2v) is 2.84. The second kappa shape index (κ2) is 3.16. The Hall–Kier alpha value is -2.24. The summed E-state index contributed by atoms with van der Waals surface area (Å²) in [6.07, 6.45) is 0. The van der Waals surface area contributed by atoms with Crippen LogP contribution in [-0.2, 0) is 0 Å². The van der Waals surface area contributed by atoms with Gasteiger partial charge in [-0.3, -0.25) is 0 Å². The molecule has 0 atom stereocenters. The summed E-state index contributed by atoms with van der Waals surface area (Å²) in [5.74, 6) is -2.89. The average Bonchev–Trinajstić information content (AvgIpc) is 2.17. The zero-order chi connectivity index (χ0) is 11.0. The van der Waals surface area contributed by atoms with Gasteiger partial charge in [-0.2, -0.15) is 0 Å². The lowest BCUT2D eigenvalue weighted by Gasteiger charge is -2.02. The molecule has 2 N–H and O–H groups in total. The lowest BCUT2D eigenvalue weighted by atomic mass is 10.2. The molecule has 0 aliphatic rings. The van der Waals surface area contributed by atoms with E-state index < -0.39 is 23.2 Å². The summed E-state index contributed by atoms with van der Waals surface area (Å²) < 4.78 is 13.3. The molecule has 5 nitrogen and oxygen atoms in total. The van der Waals surface area contributed by atoms with E-state index in [9.17, 15) is 14.3 Å². The Morgan fingerprint density at radius 1 is 1.33 bits per heavy atom. The van der Waals surface area contributed by atoms with Crippen LogP contribution in [0, 0.1) is 5.82 Å². The third kappa shape index (κ3) is 1.35. The van der Waals surface area contributed by atoms with E-state index >= 15 is 0 Å². The van der Waals surface area contributed by atoms with Crippen molar-refractivity contribution in [1.82, 2.24) is 10.2 Å². The summed E-state index contributed by atoms with van der Waals surface area (Å²) in [6, 6.07) is 3.93. The average molecular weight is 208 g/mol. The predicted molar refractivity (Wildman–Crippen MR) is 48.1 cm³/mol. The number of benzene rings is 1. The van der Waals surface area contributed by atoms with Crippen LogP contribution in [0.5, 0.6) is 5.75 Å². The van der Waals surface area contributed by atoms with Gasteiger partial charge in [-0.15, -0.1) is 10.2 Å². The number of aromatic nitrogens is 2. The Morgan fingerprint density at radius 2 is 2.07 bits per heavy atom. The minimum atomic E-state index is -1.45. The fourth-order valence-corrected chi connectivity index (χ4v) is 1.24. The number of fused-ring (bicyclic) bond motifs is 1. The van der Waals surface area contributed by atoms with Crippen molar-refractivity contribution in [3.63, 3.8) is 0 Å². The maximum absolute atomic E-state index is 13.3. The van der Waals surface area contributed by atoms with E-state index in [-0.39, 0.29) is 10.9 Å². The molecule has 2 aromatic rings. The smallest absolute Gasteiger partial charge is 0.360 e. The first-order valence-electron chi connectivity index (χ1n) is 3.98. The van der Waals surface area contributed by atoms with E-state index in [4.69, 9.17) is 5.11 Å². The Bertz CT molecular complexity index is 556. The van der Waals surface area contributed by atoms with Gasteiger partial charge in [-0.05, 0) is 12.1 Å². The molecule has 1 aromatic heterocycles. The van der Waals surface area contributed by atoms with Crippen molar-refractivity contribution in [1.29, 1.82) is 0 Å². The molecule has 0 amide bonds. The number of carboxylic acids is 1. The first-order chi connectivity index (χ1) is 7.11. The van der Waals surface area contributed by atoms with Crippen LogP contribution in [0.1, 0.15) is 10.5 Å². The van der Waals surface area contributed by atoms with Gasteiger partial charge in [0.05, 0.1) is 10.9 Å². The summed E-state index contributed by atoms with van der Waals surface area (Å²) >= 11 is 0. The van der Waals surface area contributed by atoms with Crippen LogP contribution in [0.3, 0.4) is 0 Å². The van der Waals surface area contributed by atoms with E-state index in [0.29, 0.717) is 0 Å². The molecule has 2 rings (SSSR count). The molecule has 1 heterocycles. The first kappa shape index (κ1) is 9.32. The maximum atomic E-state index is 13.3. The lowest BCUT2D eigenvalue weighted by molar-refractivity contribution is 0.0686. The molecule has 0 saturated heterocycles. The quantitative estimate of drug-likeness (QED) is 0.734. The number of aromatic carboxylic acids is 1. The molecular weight excluding hydrogens is 203 g/mol. The number of nitrogens with zero attached hydrogens (tertiary/aromatic N) is 2. The summed E-state index contributed by atoms with van der Waals surface area (Å²) in [6.45, 7) is 0. The molecule has 0 radical (unpaired) electrons. The molecule has 0 saturated carbocycles. The summed E-state index contributed by atoms with van der Waals surface area (Å²) in [5, 5.41) is 24.7. The SMILES string of the molecule is O=C(O)c1nnc2cccc(F)c2c1O. The Labute approximate surface area is 82.8 Å². The van der Waals surface area contributed by atoms with Gasteiger partial charge >= 0.3 is 5.97 Å². The van der Waals surface area contributed by atoms with Crippen molar-refractivity contribution in [2.75, 3.05) is 0 Å². The zero-order valence-electron chi connectivity index (χ0n) is 7.31. The van der Waals surface area contributed by atoms with Crippen molar-refractivity contribution in [3.05, 3.63) is 29.7 Å². The molecular formula is C9H5FN2O3. The number of carbonyl (C=O) groups is 1. The molecule has 0 unspecified atom stereocenters. The number of hydrogen-bond acceptors (Lipinski definition) is 4. The van der Waals surface area contributed by atoms with Crippen molar-refractivity contribution >= 4 is 16.9 Å². The van der Waals surface area contributed by atoms with Crippen LogP contribution in [0.25, 0.3) is 10.9 Å². The van der Waals surface area contributed by atoms with Gasteiger partial charge in [-0.1, -0.05) is 6.07 Å². The molecule has 15 heavy (non-hydrogen) atoms. The van der Waals surface area contributed by atoms with Gasteiger partial charge in [-0.25, -0.2) is 9.18 Å². The lowest BCUT2D eigenvalue weighted by Crippen LogP contribution is -2.03. The van der Waals surface area contributed by atoms with Crippen molar-refractivity contribution in [3.8, 4) is 5.75 Å². The Balaban J connectivity index is 2.89. The normalized spacial score (nSPS) is 10.5. The number of hydrogen-bond donors (Lipinski definition) is 2. The highest BCUT2D eigenvalue weighted by atomic mass is 19.1. The predicted octanol–water partition coefficient (Wildman–Crippen LogP) is 1.17. The molecule has 6 heteroatoms. The standard InChI is InChI=1S/C9H5FN2O3/c10-4-2-1-3-5-6(4)8(13)7(9(14)15)12-11-5/h1-3H,(H,11,13)(H,14,15). The number of rotatable bonds is 1. The van der Waals surface area contributed by atoms with Gasteiger partial charge in [0.15, 0.2) is 5.75 Å². The molecule has 0 aliphatic carbocycles. The van der Waals surface area contributed by atoms with Crippen LogP contribution in [-0.4, -0.2) is 26.4 Å². The molecule has 0 fully saturated rings. The van der Waals surface area contributed by atoms with E-state index in [2.05, 4.69) is 10.2 Å². The number of halogens is 1. The monoisotopic (exact) mass is 208 g/mol. The molecule has 0 spiro atoms. The molecule has 0 bridgehead atoms. The van der Waals surface area contributed by atoms with E-state index in [1.807, 2.05) is 0 Å². The minimum absolute atomic E-state index is 0.109. The summed E-state index contributed by atoms with van der Waals surface area (Å²) in [7, 11) is 0. The number of aromatic hydroxyl groups is 1. The highest BCUT2D eigenvalue weighted by Gasteiger charge is 2.17. The van der Waals surface area contributed by atoms with Gasteiger partial charge in [0.2, 0.25) is 5.69 Å². The van der Waals surface area contributed by atoms with Gasteiger partial charge in [0.1, 0.15) is 5.82 Å². The van der Waals surface area contributed by atoms with Crippen LogP contribution >= 0.6 is 0 Å². The molecule has 76 valence electrons. The largest absolute Gasteiger partial charge is 0.505 e. The summed E-state index contributed by atoms with van der Waals surface area (Å²) in [4.78, 5) is 10.6. The fourth-order valence-electron chi connectivity index (χ4n) is 1.24. The van der Waals surface area contributed by atoms with E-state index in [0.717, 1.165) is 6.07 Å². The van der Waals surface area contributed by atoms with Crippen LogP contribution < -0.4 is 0 Å². The van der Waals surface area contributed by atoms with Gasteiger partial charge in [0, 0.05) is 0 Å². The highest BCUT2D eigenvalue weighted by molar-refractivity contribution is 5.96. The zero-order valence-corrected chi connectivity index (χ0v) is 7.31. The molecule has 0 aliphatic heterocycles. The Morgan fingerprint density at radius 3 is 2.73 bits per heavy atom. The highest BCUT2D eigenvalue weighted by Crippen LogP contribution is 2.27. The van der Waals surface area contributed by atoms with Crippen molar-refractivity contribution < 1.29 is 19.4 Å². The summed E-state index contributed by atoms with van der Waals surface area (Å²) in [5.41, 5.74) is -0.551.